The van der Waals surface area contributed by atoms with Gasteiger partial charge in [0.05, 0.1) is 25.9 Å². The number of aromatic nitrogens is 2. The summed E-state index contributed by atoms with van der Waals surface area (Å²) in [6.45, 7) is 7.21. The molecule has 4 rings (SSSR count). The van der Waals surface area contributed by atoms with Crippen LogP contribution in [0.5, 0.6) is 17.6 Å². The molecule has 0 spiro atoms. The molecule has 2 fully saturated rings. The molecule has 1 N–H and O–H groups in total. The van der Waals surface area contributed by atoms with Gasteiger partial charge in [0.2, 0.25) is 5.88 Å². The first kappa shape index (κ1) is 21.8. The van der Waals surface area contributed by atoms with E-state index in [1.54, 1.807) is 13.3 Å². The third-order valence-corrected chi connectivity index (χ3v) is 6.61. The van der Waals surface area contributed by atoms with Crippen LogP contribution < -0.4 is 14.2 Å². The second kappa shape index (κ2) is 9.40. The maximum atomic E-state index is 12.1. The Bertz CT molecular complexity index is 877. The minimum absolute atomic E-state index is 0.0930. The average Bonchev–Trinajstić information content (AvgIpc) is 2.75. The molecule has 0 radical (unpaired) electrons. The van der Waals surface area contributed by atoms with Crippen molar-refractivity contribution in [2.75, 3.05) is 33.4 Å². The monoisotopic (exact) mass is 427 g/mol. The number of ether oxygens (including phenoxy) is 3. The number of hydrogen-bond acceptors (Lipinski definition) is 7. The van der Waals surface area contributed by atoms with Gasteiger partial charge in [0.1, 0.15) is 11.4 Å². The number of likely N-dealkylation sites (tertiary alicyclic amines) is 1. The van der Waals surface area contributed by atoms with E-state index in [9.17, 15) is 5.11 Å². The third kappa shape index (κ3) is 4.21. The lowest BCUT2D eigenvalue weighted by Gasteiger charge is -2.53. The number of fused-ring (bicyclic) bond motifs is 2. The Morgan fingerprint density at radius 3 is 2.48 bits per heavy atom. The van der Waals surface area contributed by atoms with Crippen molar-refractivity contribution in [3.05, 3.63) is 41.6 Å². The van der Waals surface area contributed by atoms with Crippen LogP contribution in [-0.4, -0.2) is 53.4 Å². The molecule has 1 saturated heterocycles. The van der Waals surface area contributed by atoms with Gasteiger partial charge in [-0.15, -0.1) is 0 Å². The second-order valence-corrected chi connectivity index (χ2v) is 8.39. The summed E-state index contributed by atoms with van der Waals surface area (Å²) >= 11 is 0. The largest absolute Gasteiger partial charge is 0.496 e. The lowest BCUT2D eigenvalue weighted by atomic mass is 9.63. The van der Waals surface area contributed by atoms with Gasteiger partial charge in [-0.25, -0.2) is 4.98 Å². The Morgan fingerprint density at radius 1 is 1.10 bits per heavy atom. The van der Waals surface area contributed by atoms with Crippen LogP contribution in [0.3, 0.4) is 0 Å². The predicted octanol–water partition coefficient (Wildman–Crippen LogP) is 3.40. The average molecular weight is 428 g/mol. The molecular formula is C24H33N3O4. The highest BCUT2D eigenvalue weighted by Crippen LogP contribution is 2.51. The molecule has 2 aromatic rings. The van der Waals surface area contributed by atoms with Crippen molar-refractivity contribution in [2.24, 2.45) is 11.8 Å². The summed E-state index contributed by atoms with van der Waals surface area (Å²) in [6.07, 6.45) is 4.77. The quantitative estimate of drug-likeness (QED) is 0.692. The van der Waals surface area contributed by atoms with Crippen LogP contribution in [-0.2, 0) is 12.1 Å². The SMILES string of the molecule is CCOc1ncc(C2(O)[C@@H]3CCC[C@@H]2CN(Cc2ccccc2OC)C3)c(OCC)n1. The van der Waals surface area contributed by atoms with E-state index >= 15 is 0 Å². The van der Waals surface area contributed by atoms with E-state index in [1.165, 1.54) is 5.56 Å². The molecule has 1 aliphatic heterocycles. The topological polar surface area (TPSA) is 76.9 Å². The zero-order chi connectivity index (χ0) is 21.8. The molecule has 31 heavy (non-hydrogen) atoms. The van der Waals surface area contributed by atoms with E-state index in [2.05, 4.69) is 20.9 Å². The lowest BCUT2D eigenvalue weighted by Crippen LogP contribution is -2.58. The van der Waals surface area contributed by atoms with Gasteiger partial charge in [-0.3, -0.25) is 4.90 Å². The van der Waals surface area contributed by atoms with Gasteiger partial charge >= 0.3 is 6.01 Å². The molecule has 0 amide bonds. The van der Waals surface area contributed by atoms with Crippen molar-refractivity contribution in [1.29, 1.82) is 0 Å². The Morgan fingerprint density at radius 2 is 1.81 bits per heavy atom. The first-order valence-corrected chi connectivity index (χ1v) is 11.3. The molecule has 7 nitrogen and oxygen atoms in total. The molecule has 2 aliphatic rings. The molecule has 1 aliphatic carbocycles. The Labute approximate surface area is 184 Å². The van der Waals surface area contributed by atoms with Gasteiger partial charge in [-0.1, -0.05) is 24.6 Å². The van der Waals surface area contributed by atoms with Gasteiger partial charge in [0.15, 0.2) is 0 Å². The predicted molar refractivity (Wildman–Crippen MR) is 117 cm³/mol. The van der Waals surface area contributed by atoms with Crippen molar-refractivity contribution >= 4 is 0 Å². The van der Waals surface area contributed by atoms with Gasteiger partial charge in [-0.2, -0.15) is 4.98 Å². The summed E-state index contributed by atoms with van der Waals surface area (Å²) < 4.78 is 16.8. The molecule has 0 unspecified atom stereocenters. The van der Waals surface area contributed by atoms with Crippen molar-refractivity contribution in [2.45, 2.75) is 45.3 Å². The summed E-state index contributed by atoms with van der Waals surface area (Å²) in [6, 6.07) is 8.44. The van der Waals surface area contributed by atoms with E-state index in [-0.39, 0.29) is 17.8 Å². The summed E-state index contributed by atoms with van der Waals surface area (Å²) in [5.41, 5.74) is 0.877. The van der Waals surface area contributed by atoms with Gasteiger partial charge in [-0.05, 0) is 32.8 Å². The van der Waals surface area contributed by atoms with Crippen LogP contribution in [0.2, 0.25) is 0 Å². The number of rotatable bonds is 8. The maximum absolute atomic E-state index is 12.1. The highest BCUT2D eigenvalue weighted by atomic mass is 16.5. The summed E-state index contributed by atoms with van der Waals surface area (Å²) in [7, 11) is 1.71. The number of para-hydroxylation sites is 1. The van der Waals surface area contributed by atoms with Gasteiger partial charge in [0, 0.05) is 43.2 Å². The molecule has 2 bridgehead atoms. The fourth-order valence-corrected chi connectivity index (χ4v) is 5.26. The number of methoxy groups -OCH3 is 1. The Kier molecular flexibility index (Phi) is 6.62. The first-order valence-electron chi connectivity index (χ1n) is 11.3. The van der Waals surface area contributed by atoms with E-state index in [0.717, 1.165) is 44.6 Å². The highest BCUT2D eigenvalue weighted by Gasteiger charge is 2.53. The molecule has 1 aromatic heterocycles. The van der Waals surface area contributed by atoms with Crippen molar-refractivity contribution in [3.8, 4) is 17.6 Å². The summed E-state index contributed by atoms with van der Waals surface area (Å²) in [4.78, 5) is 11.3. The van der Waals surface area contributed by atoms with Crippen LogP contribution in [0.4, 0.5) is 0 Å². The zero-order valence-corrected chi connectivity index (χ0v) is 18.7. The Balaban J connectivity index is 1.62. The van der Waals surface area contributed by atoms with Crippen molar-refractivity contribution in [1.82, 2.24) is 14.9 Å². The molecule has 2 heterocycles. The number of hydrogen-bond donors (Lipinski definition) is 1. The van der Waals surface area contributed by atoms with Crippen LogP contribution in [0, 0.1) is 11.8 Å². The van der Waals surface area contributed by atoms with Crippen LogP contribution in [0.1, 0.15) is 44.2 Å². The molecular weight excluding hydrogens is 394 g/mol. The van der Waals surface area contributed by atoms with E-state index < -0.39 is 5.60 Å². The molecule has 7 heteroatoms. The van der Waals surface area contributed by atoms with E-state index in [1.807, 2.05) is 32.0 Å². The van der Waals surface area contributed by atoms with Gasteiger partial charge < -0.3 is 19.3 Å². The number of aliphatic hydroxyl groups is 1. The van der Waals surface area contributed by atoms with Crippen molar-refractivity contribution in [3.63, 3.8) is 0 Å². The standard InChI is InChI=1S/C24H33N3O4/c1-4-30-22-20(13-25-23(26-22)31-5-2)24(28)18-10-8-11-19(24)16-27(15-18)14-17-9-6-7-12-21(17)29-3/h6-7,9,12-13,18-19,28H,4-5,8,10-11,14-16H2,1-3H3/t18-,19-/m1/s1. The number of nitrogens with zero attached hydrogens (tertiary/aromatic N) is 3. The zero-order valence-electron chi connectivity index (χ0n) is 18.7. The molecule has 168 valence electrons. The minimum Gasteiger partial charge on any atom is -0.496 e. The van der Waals surface area contributed by atoms with Gasteiger partial charge in [0.25, 0.3) is 0 Å². The smallest absolute Gasteiger partial charge is 0.319 e. The van der Waals surface area contributed by atoms with E-state index in [4.69, 9.17) is 14.2 Å². The highest BCUT2D eigenvalue weighted by molar-refractivity contribution is 5.36. The van der Waals surface area contributed by atoms with Crippen LogP contribution >= 0.6 is 0 Å². The minimum atomic E-state index is -0.995. The number of benzene rings is 1. The molecule has 2 atom stereocenters. The second-order valence-electron chi connectivity index (χ2n) is 8.39. The third-order valence-electron chi connectivity index (χ3n) is 6.61. The number of piperidine rings is 1. The lowest BCUT2D eigenvalue weighted by molar-refractivity contribution is -0.150. The fourth-order valence-electron chi connectivity index (χ4n) is 5.26. The summed E-state index contributed by atoms with van der Waals surface area (Å²) in [5.74, 6) is 1.54. The van der Waals surface area contributed by atoms with Crippen molar-refractivity contribution < 1.29 is 19.3 Å². The normalized spacial score (nSPS) is 25.8. The Hall–Kier alpha value is -2.38. The summed E-state index contributed by atoms with van der Waals surface area (Å²) in [5, 5.41) is 12.1. The molecule has 1 aromatic carbocycles. The fraction of sp³-hybridized carbons (Fsp3) is 0.583. The van der Waals surface area contributed by atoms with Crippen LogP contribution in [0.15, 0.2) is 30.5 Å². The first-order chi connectivity index (χ1) is 15.1. The van der Waals surface area contributed by atoms with Crippen LogP contribution in [0.25, 0.3) is 0 Å². The maximum Gasteiger partial charge on any atom is 0.319 e. The van der Waals surface area contributed by atoms with E-state index in [0.29, 0.717) is 24.7 Å². The molecule has 1 saturated carbocycles.